The van der Waals surface area contributed by atoms with Gasteiger partial charge in [-0.2, -0.15) is 0 Å². The lowest BCUT2D eigenvalue weighted by molar-refractivity contribution is -0.384. The molecule has 1 aromatic heterocycles. The zero-order chi connectivity index (χ0) is 17.0. The third kappa shape index (κ3) is 3.43. The average Bonchev–Trinajstić information content (AvgIpc) is 2.53. The second-order valence-electron chi connectivity index (χ2n) is 4.78. The lowest BCUT2D eigenvalue weighted by atomic mass is 10.1. The molecule has 0 saturated carbocycles. The maximum absolute atomic E-state index is 12.3. The predicted molar refractivity (Wildman–Crippen MR) is 81.5 cm³/mol. The van der Waals surface area contributed by atoms with Crippen molar-refractivity contribution in [2.75, 3.05) is 6.61 Å². The van der Waals surface area contributed by atoms with Crippen LogP contribution in [0, 0.1) is 10.1 Å². The molecule has 0 bridgehead atoms. The van der Waals surface area contributed by atoms with Gasteiger partial charge in [-0.1, -0.05) is 12.1 Å². The van der Waals surface area contributed by atoms with Crippen molar-refractivity contribution in [2.45, 2.75) is 13.0 Å². The number of non-ortho nitro benzene ring substituents is 1. The Bertz CT molecular complexity index is 812. The Labute approximate surface area is 130 Å². The summed E-state index contributed by atoms with van der Waals surface area (Å²) in [5, 5.41) is 28.9. The topological polar surface area (TPSA) is 123 Å². The van der Waals surface area contributed by atoms with Crippen molar-refractivity contribution in [1.29, 1.82) is 0 Å². The van der Waals surface area contributed by atoms with Gasteiger partial charge in [-0.25, -0.2) is 4.79 Å². The first-order valence-corrected chi connectivity index (χ1v) is 6.78. The van der Waals surface area contributed by atoms with Crippen molar-refractivity contribution in [3.63, 3.8) is 0 Å². The summed E-state index contributed by atoms with van der Waals surface area (Å²) in [6.07, 6.45) is 0.255. The number of aromatic carboxylic acids is 1. The van der Waals surface area contributed by atoms with Crippen molar-refractivity contribution >= 4 is 11.7 Å². The maximum Gasteiger partial charge on any atom is 0.341 e. The molecule has 8 heteroatoms. The normalized spacial score (nSPS) is 10.5. The van der Waals surface area contributed by atoms with E-state index in [1.54, 1.807) is 6.07 Å². The minimum atomic E-state index is -1.35. The van der Waals surface area contributed by atoms with Crippen molar-refractivity contribution in [2.24, 2.45) is 0 Å². The van der Waals surface area contributed by atoms with Crippen LogP contribution in [0.2, 0.25) is 0 Å². The number of carboxylic acid groups (broad SMARTS) is 1. The molecule has 0 aliphatic carbocycles. The van der Waals surface area contributed by atoms with Gasteiger partial charge < -0.3 is 14.8 Å². The van der Waals surface area contributed by atoms with Crippen LogP contribution in [0.15, 0.2) is 41.2 Å². The minimum Gasteiger partial charge on any atom is -0.477 e. The second kappa shape index (κ2) is 6.84. The molecule has 0 atom stereocenters. The van der Waals surface area contributed by atoms with E-state index in [2.05, 4.69) is 0 Å². The Kier molecular flexibility index (Phi) is 4.87. The Morgan fingerprint density at radius 3 is 2.61 bits per heavy atom. The molecule has 1 aromatic carbocycles. The largest absolute Gasteiger partial charge is 0.477 e. The predicted octanol–water partition coefficient (Wildman–Crippen LogP) is 1.50. The van der Waals surface area contributed by atoms with Crippen molar-refractivity contribution in [1.82, 2.24) is 4.57 Å². The van der Waals surface area contributed by atoms with Gasteiger partial charge in [0.25, 0.3) is 11.2 Å². The highest BCUT2D eigenvalue weighted by molar-refractivity contribution is 5.87. The smallest absolute Gasteiger partial charge is 0.341 e. The molecule has 0 spiro atoms. The highest BCUT2D eigenvalue weighted by Crippen LogP contribution is 2.23. The van der Waals surface area contributed by atoms with E-state index in [1.165, 1.54) is 34.9 Å². The van der Waals surface area contributed by atoms with E-state index < -0.39 is 22.0 Å². The quantitative estimate of drug-likeness (QED) is 0.614. The van der Waals surface area contributed by atoms with E-state index in [9.17, 15) is 19.7 Å². The number of hydrogen-bond donors (Lipinski definition) is 2. The molecule has 0 aliphatic rings. The van der Waals surface area contributed by atoms with E-state index in [1.807, 2.05) is 0 Å². The van der Waals surface area contributed by atoms with Gasteiger partial charge in [0.05, 0.1) is 10.6 Å². The van der Waals surface area contributed by atoms with Gasteiger partial charge in [0, 0.05) is 30.8 Å². The Morgan fingerprint density at radius 2 is 2.00 bits per heavy atom. The third-order valence-corrected chi connectivity index (χ3v) is 3.30. The maximum atomic E-state index is 12.3. The number of pyridine rings is 1. The zero-order valence-corrected chi connectivity index (χ0v) is 12.0. The second-order valence-corrected chi connectivity index (χ2v) is 4.78. The minimum absolute atomic E-state index is 0.106. The molecule has 2 N–H and O–H groups in total. The van der Waals surface area contributed by atoms with E-state index in [0.29, 0.717) is 11.3 Å². The van der Waals surface area contributed by atoms with Gasteiger partial charge in [0.15, 0.2) is 0 Å². The van der Waals surface area contributed by atoms with Gasteiger partial charge in [-0.3, -0.25) is 14.9 Å². The summed E-state index contributed by atoms with van der Waals surface area (Å²) in [7, 11) is 0. The lowest BCUT2D eigenvalue weighted by Crippen LogP contribution is -2.27. The molecule has 2 aromatic rings. The van der Waals surface area contributed by atoms with Gasteiger partial charge in [-0.15, -0.1) is 0 Å². The highest BCUT2D eigenvalue weighted by Gasteiger charge is 2.16. The number of hydrogen-bond acceptors (Lipinski definition) is 5. The van der Waals surface area contributed by atoms with Gasteiger partial charge in [-0.05, 0) is 18.6 Å². The number of nitrogens with zero attached hydrogens (tertiary/aromatic N) is 2. The van der Waals surface area contributed by atoms with Crippen molar-refractivity contribution in [3.8, 4) is 11.3 Å². The monoisotopic (exact) mass is 318 g/mol. The number of aliphatic hydroxyl groups excluding tert-OH is 1. The Hall–Kier alpha value is -3.00. The van der Waals surface area contributed by atoms with E-state index in [4.69, 9.17) is 10.2 Å². The zero-order valence-electron chi connectivity index (χ0n) is 12.0. The van der Waals surface area contributed by atoms with Crippen LogP contribution < -0.4 is 5.56 Å². The molecule has 1 heterocycles. The van der Waals surface area contributed by atoms with Gasteiger partial charge in [0.1, 0.15) is 5.56 Å². The number of rotatable bonds is 6. The molecule has 0 amide bonds. The number of nitro benzene ring substituents is 1. The van der Waals surface area contributed by atoms with Crippen LogP contribution in [0.5, 0.6) is 0 Å². The van der Waals surface area contributed by atoms with Crippen molar-refractivity contribution in [3.05, 3.63) is 62.4 Å². The fourth-order valence-corrected chi connectivity index (χ4v) is 2.22. The SMILES string of the molecule is O=C(O)c1ccc(-c2cccc([N+](=O)[O-])c2)n(CCCO)c1=O. The Balaban J connectivity index is 2.64. The average molecular weight is 318 g/mol. The van der Waals surface area contributed by atoms with Crippen LogP contribution in [0.3, 0.4) is 0 Å². The van der Waals surface area contributed by atoms with Crippen molar-refractivity contribution < 1.29 is 19.9 Å². The number of carboxylic acids is 1. The molecule has 8 nitrogen and oxygen atoms in total. The fourth-order valence-electron chi connectivity index (χ4n) is 2.22. The van der Waals surface area contributed by atoms with Gasteiger partial charge in [0.2, 0.25) is 0 Å². The van der Waals surface area contributed by atoms with Crippen LogP contribution in [0.1, 0.15) is 16.8 Å². The third-order valence-electron chi connectivity index (χ3n) is 3.30. The summed E-state index contributed by atoms with van der Waals surface area (Å²) >= 11 is 0. The lowest BCUT2D eigenvalue weighted by Gasteiger charge is -2.13. The molecule has 0 saturated heterocycles. The highest BCUT2D eigenvalue weighted by atomic mass is 16.6. The molecule has 23 heavy (non-hydrogen) atoms. The molecular weight excluding hydrogens is 304 g/mol. The summed E-state index contributed by atoms with van der Waals surface area (Å²) in [4.78, 5) is 33.7. The fraction of sp³-hybridized carbons (Fsp3) is 0.200. The molecular formula is C15H14N2O6. The number of benzene rings is 1. The summed E-state index contributed by atoms with van der Waals surface area (Å²) in [6, 6.07) is 8.32. The number of aromatic nitrogens is 1. The van der Waals surface area contributed by atoms with Gasteiger partial charge >= 0.3 is 5.97 Å². The summed E-state index contributed by atoms with van der Waals surface area (Å²) < 4.78 is 1.21. The van der Waals surface area contributed by atoms with E-state index in [0.717, 1.165) is 0 Å². The summed E-state index contributed by atoms with van der Waals surface area (Å²) in [5.74, 6) is -1.35. The van der Waals surface area contributed by atoms with Crippen LogP contribution >= 0.6 is 0 Å². The molecule has 0 fully saturated rings. The molecule has 0 unspecified atom stereocenters. The molecule has 0 aliphatic heterocycles. The van der Waals surface area contributed by atoms with Crippen LogP contribution in [0.25, 0.3) is 11.3 Å². The first kappa shape index (κ1) is 16.4. The standard InChI is InChI=1S/C15H14N2O6/c18-8-2-7-16-13(6-5-12(14(16)19)15(20)21)10-3-1-4-11(9-10)17(22)23/h1,3-6,9,18H,2,7-8H2,(H,20,21). The van der Waals surface area contributed by atoms with Crippen LogP contribution in [0.4, 0.5) is 5.69 Å². The van der Waals surface area contributed by atoms with Crippen LogP contribution in [-0.2, 0) is 6.54 Å². The first-order valence-electron chi connectivity index (χ1n) is 6.78. The number of carbonyl (C=O) groups is 1. The molecule has 120 valence electrons. The van der Waals surface area contributed by atoms with E-state index in [-0.39, 0.29) is 25.3 Å². The first-order chi connectivity index (χ1) is 11.0. The van der Waals surface area contributed by atoms with E-state index >= 15 is 0 Å². The van der Waals surface area contributed by atoms with Crippen LogP contribution in [-0.4, -0.2) is 32.3 Å². The Morgan fingerprint density at radius 1 is 1.26 bits per heavy atom. The number of nitro groups is 1. The molecule has 2 rings (SSSR count). The number of aliphatic hydroxyl groups is 1. The molecule has 0 radical (unpaired) electrons. The summed E-state index contributed by atoms with van der Waals surface area (Å²) in [6.45, 7) is -0.0629. The summed E-state index contributed by atoms with van der Waals surface area (Å²) in [5.41, 5.74) is -0.457.